The van der Waals surface area contributed by atoms with Crippen LogP contribution in [0.5, 0.6) is 0 Å². The Labute approximate surface area is 148 Å². The molecule has 0 saturated carbocycles. The number of hydrogen-bond donors (Lipinski definition) is 0. The van der Waals surface area contributed by atoms with Crippen LogP contribution >= 0.6 is 47.0 Å². The summed E-state index contributed by atoms with van der Waals surface area (Å²) >= 11 is 8.54. The summed E-state index contributed by atoms with van der Waals surface area (Å²) < 4.78 is 0.221. The van der Waals surface area contributed by atoms with Gasteiger partial charge in [0, 0.05) is 19.6 Å². The van der Waals surface area contributed by atoms with Gasteiger partial charge in [0.05, 0.1) is 0 Å². The smallest absolute Gasteiger partial charge is 0.0888 e. The van der Waals surface area contributed by atoms with Crippen LogP contribution in [0, 0.1) is 23.7 Å². The van der Waals surface area contributed by atoms with Gasteiger partial charge in [0.2, 0.25) is 0 Å². The van der Waals surface area contributed by atoms with E-state index in [4.69, 9.17) is 0 Å². The fraction of sp³-hybridized carbons (Fsp3) is 0.765. The van der Waals surface area contributed by atoms with Crippen LogP contribution in [0.4, 0.5) is 0 Å². The predicted octanol–water partition coefficient (Wildman–Crippen LogP) is 7.60. The molecule has 21 heavy (non-hydrogen) atoms. The van der Waals surface area contributed by atoms with E-state index < -0.39 is 0 Å². The summed E-state index contributed by atoms with van der Waals surface area (Å²) in [5.74, 6) is 2.58. The third kappa shape index (κ3) is 3.70. The van der Waals surface area contributed by atoms with Crippen molar-refractivity contribution in [2.45, 2.75) is 58.1 Å². The lowest BCUT2D eigenvalue weighted by atomic mass is 10.1. The third-order valence-electron chi connectivity index (χ3n) is 3.52. The molecular formula is C17H28S4. The molecule has 120 valence electrons. The topological polar surface area (TPSA) is 0 Å². The van der Waals surface area contributed by atoms with E-state index in [9.17, 15) is 0 Å². The highest BCUT2D eigenvalue weighted by molar-refractivity contribution is 8.53. The monoisotopic (exact) mass is 360 g/mol. The molecule has 0 radical (unpaired) electrons. The highest BCUT2D eigenvalue weighted by Gasteiger charge is 2.49. The van der Waals surface area contributed by atoms with Gasteiger partial charge < -0.3 is 0 Å². The largest absolute Gasteiger partial charge is 0.170 e. The minimum Gasteiger partial charge on any atom is -0.0888 e. The highest BCUT2D eigenvalue weighted by atomic mass is 32.3. The Kier molecular flexibility index (Phi) is 5.89. The maximum Gasteiger partial charge on any atom is 0.170 e. The van der Waals surface area contributed by atoms with Gasteiger partial charge in [0.15, 0.2) is 2.74 Å². The minimum absolute atomic E-state index is 0.221. The zero-order valence-electron chi connectivity index (χ0n) is 14.4. The fourth-order valence-corrected chi connectivity index (χ4v) is 10.6. The summed E-state index contributed by atoms with van der Waals surface area (Å²) in [6.45, 7) is 18.7. The second-order valence-corrected chi connectivity index (χ2v) is 13.6. The first-order valence-corrected chi connectivity index (χ1v) is 11.2. The minimum atomic E-state index is 0.221. The molecule has 0 unspecified atom stereocenters. The Morgan fingerprint density at radius 1 is 0.476 bits per heavy atom. The van der Waals surface area contributed by atoms with Gasteiger partial charge >= 0.3 is 0 Å². The molecule has 0 atom stereocenters. The maximum atomic E-state index is 2.34. The van der Waals surface area contributed by atoms with Crippen molar-refractivity contribution in [3.05, 3.63) is 19.6 Å². The number of hydrogen-bond acceptors (Lipinski definition) is 4. The normalized spacial score (nSPS) is 22.3. The van der Waals surface area contributed by atoms with Gasteiger partial charge in [-0.15, -0.1) is 0 Å². The van der Waals surface area contributed by atoms with Crippen molar-refractivity contribution in [3.63, 3.8) is 0 Å². The molecule has 0 N–H and O–H groups in total. The van der Waals surface area contributed by atoms with Gasteiger partial charge in [0.1, 0.15) is 0 Å². The summed E-state index contributed by atoms with van der Waals surface area (Å²) in [5.41, 5.74) is 0. The van der Waals surface area contributed by atoms with E-state index in [1.165, 1.54) is 0 Å². The lowest BCUT2D eigenvalue weighted by Gasteiger charge is -2.22. The lowest BCUT2D eigenvalue weighted by Crippen LogP contribution is -2.03. The molecule has 2 rings (SSSR count). The molecule has 1 spiro atoms. The molecule has 0 aromatic rings. The van der Waals surface area contributed by atoms with Crippen LogP contribution in [0.2, 0.25) is 0 Å². The van der Waals surface area contributed by atoms with Crippen LogP contribution in [0.1, 0.15) is 55.4 Å². The van der Waals surface area contributed by atoms with E-state index in [0.717, 1.165) is 0 Å². The Morgan fingerprint density at radius 2 is 0.667 bits per heavy atom. The summed E-state index contributed by atoms with van der Waals surface area (Å²) in [6.07, 6.45) is 0. The average Bonchev–Trinajstić information content (AvgIpc) is 2.92. The Hall–Kier alpha value is 0.880. The summed E-state index contributed by atoms with van der Waals surface area (Å²) in [4.78, 5) is 6.51. The SMILES string of the molecule is CC(C)C1=C(C(C)C)SC2(S1)SC(C(C)C)=C(C(C)C)S2. The molecule has 0 amide bonds. The van der Waals surface area contributed by atoms with Gasteiger partial charge in [-0.3, -0.25) is 0 Å². The van der Waals surface area contributed by atoms with Crippen molar-refractivity contribution < 1.29 is 0 Å². The van der Waals surface area contributed by atoms with Crippen molar-refractivity contribution in [3.8, 4) is 0 Å². The molecule has 2 heterocycles. The van der Waals surface area contributed by atoms with Gasteiger partial charge in [0.25, 0.3) is 0 Å². The summed E-state index contributed by atoms with van der Waals surface area (Å²) in [6, 6.07) is 0. The van der Waals surface area contributed by atoms with Crippen molar-refractivity contribution in [2.75, 3.05) is 0 Å². The van der Waals surface area contributed by atoms with Crippen molar-refractivity contribution in [2.24, 2.45) is 23.7 Å². The first-order valence-electron chi connectivity index (χ1n) is 7.91. The number of thioether (sulfide) groups is 4. The van der Waals surface area contributed by atoms with Gasteiger partial charge in [-0.1, -0.05) is 102 Å². The van der Waals surface area contributed by atoms with E-state index in [2.05, 4.69) is 102 Å². The van der Waals surface area contributed by atoms with Gasteiger partial charge in [-0.05, 0) is 23.7 Å². The van der Waals surface area contributed by atoms with E-state index >= 15 is 0 Å². The van der Waals surface area contributed by atoms with Crippen LogP contribution in [-0.4, -0.2) is 2.74 Å². The molecule has 0 bridgehead atoms. The third-order valence-corrected chi connectivity index (χ3v) is 11.4. The highest BCUT2D eigenvalue weighted by Crippen LogP contribution is 2.75. The molecule has 0 fully saturated rings. The van der Waals surface area contributed by atoms with E-state index in [1.807, 2.05) is 0 Å². The van der Waals surface area contributed by atoms with Crippen molar-refractivity contribution >= 4 is 47.0 Å². The Morgan fingerprint density at radius 3 is 0.810 bits per heavy atom. The van der Waals surface area contributed by atoms with Crippen molar-refractivity contribution in [1.29, 1.82) is 0 Å². The van der Waals surface area contributed by atoms with E-state index in [-0.39, 0.29) is 2.74 Å². The molecule has 2 aliphatic rings. The standard InChI is InChI=1S/C17H28S4/c1-9(2)13-14(10(3)4)19-17(18-13)20-15(11(5)6)16(21-17)12(7)8/h9-12H,1-8H3. The van der Waals surface area contributed by atoms with E-state index in [1.54, 1.807) is 19.6 Å². The predicted molar refractivity (Wildman–Crippen MR) is 106 cm³/mol. The number of allylic oxidation sites excluding steroid dienone is 4. The fourth-order valence-electron chi connectivity index (χ4n) is 2.47. The van der Waals surface area contributed by atoms with Crippen LogP contribution < -0.4 is 0 Å². The molecule has 0 aromatic carbocycles. The van der Waals surface area contributed by atoms with Crippen LogP contribution in [0.3, 0.4) is 0 Å². The molecule has 0 saturated heterocycles. The summed E-state index contributed by atoms with van der Waals surface area (Å²) in [5, 5.41) is 0. The van der Waals surface area contributed by atoms with Gasteiger partial charge in [-0.2, -0.15) is 0 Å². The molecular weight excluding hydrogens is 332 g/mol. The average molecular weight is 361 g/mol. The van der Waals surface area contributed by atoms with Crippen LogP contribution in [0.15, 0.2) is 19.6 Å². The Bertz CT molecular complexity index is 382. The van der Waals surface area contributed by atoms with Crippen LogP contribution in [0.25, 0.3) is 0 Å². The quantitative estimate of drug-likeness (QED) is 0.505. The van der Waals surface area contributed by atoms with Crippen LogP contribution in [-0.2, 0) is 0 Å². The number of rotatable bonds is 4. The zero-order valence-corrected chi connectivity index (χ0v) is 17.7. The van der Waals surface area contributed by atoms with Crippen molar-refractivity contribution in [1.82, 2.24) is 0 Å². The zero-order chi connectivity index (χ0) is 15.9. The maximum absolute atomic E-state index is 2.34. The molecule has 4 heteroatoms. The lowest BCUT2D eigenvalue weighted by molar-refractivity contribution is 0.760. The first-order chi connectivity index (χ1) is 9.67. The van der Waals surface area contributed by atoms with Gasteiger partial charge in [-0.25, -0.2) is 0 Å². The molecule has 2 aliphatic heterocycles. The van der Waals surface area contributed by atoms with E-state index in [0.29, 0.717) is 23.7 Å². The Balaban J connectivity index is 2.27. The second kappa shape index (κ2) is 6.78. The molecule has 0 aliphatic carbocycles. The second-order valence-electron chi connectivity index (χ2n) is 6.98. The summed E-state index contributed by atoms with van der Waals surface area (Å²) in [7, 11) is 0. The molecule has 0 nitrogen and oxygen atoms in total. The first kappa shape index (κ1) is 18.2. The molecule has 0 aromatic heterocycles.